The third-order valence-corrected chi connectivity index (χ3v) is 3.87. The molecule has 1 aliphatic carbocycles. The van der Waals surface area contributed by atoms with E-state index in [1.807, 2.05) is 0 Å². The Kier molecular flexibility index (Phi) is 4.31. The van der Waals surface area contributed by atoms with Crippen LogP contribution in [0.3, 0.4) is 0 Å². The van der Waals surface area contributed by atoms with Gasteiger partial charge in [0.1, 0.15) is 18.2 Å². The summed E-state index contributed by atoms with van der Waals surface area (Å²) in [5.41, 5.74) is 4.29. The highest BCUT2D eigenvalue weighted by atomic mass is 19.1. The number of benzene rings is 1. The third kappa shape index (κ3) is 3.14. The van der Waals surface area contributed by atoms with Crippen LogP contribution in [0.1, 0.15) is 18.7 Å². The quantitative estimate of drug-likeness (QED) is 0.879. The first kappa shape index (κ1) is 16.5. The lowest BCUT2D eigenvalue weighted by atomic mass is 10.2. The maximum absolute atomic E-state index is 14.4. The first-order chi connectivity index (χ1) is 11.5. The van der Waals surface area contributed by atoms with Gasteiger partial charge in [0.15, 0.2) is 17.3 Å². The summed E-state index contributed by atoms with van der Waals surface area (Å²) in [6.07, 6.45) is 1.14. The Morgan fingerprint density at radius 1 is 1.46 bits per heavy atom. The molecule has 2 N–H and O–H groups in total. The molecule has 24 heavy (non-hydrogen) atoms. The summed E-state index contributed by atoms with van der Waals surface area (Å²) in [5.74, 6) is -0.0305. The molecule has 0 amide bonds. The van der Waals surface area contributed by atoms with Crippen molar-refractivity contribution in [1.82, 2.24) is 14.8 Å². The van der Waals surface area contributed by atoms with Gasteiger partial charge in [-0.25, -0.2) is 22.8 Å². The largest absolute Gasteiger partial charge is 0.489 e. The minimum Gasteiger partial charge on any atom is -0.489 e. The molecule has 0 unspecified atom stereocenters. The van der Waals surface area contributed by atoms with Crippen LogP contribution in [-0.4, -0.2) is 27.9 Å². The lowest BCUT2D eigenvalue weighted by Crippen LogP contribution is -2.10. The van der Waals surface area contributed by atoms with Gasteiger partial charge in [-0.15, -0.1) is 0 Å². The first-order valence-electron chi connectivity index (χ1n) is 7.48. The Labute approximate surface area is 136 Å². The van der Waals surface area contributed by atoms with Crippen LogP contribution in [-0.2, 0) is 12.7 Å². The molecular weight excluding hydrogens is 321 g/mol. The average Bonchev–Trinajstić information content (AvgIpc) is 3.20. The van der Waals surface area contributed by atoms with Crippen molar-refractivity contribution in [2.24, 2.45) is 12.8 Å². The standard InChI is InChI=1S/C16H17F3N4O/c1-23-14(21-15(22-23)16(19)4-5-16)12-3-2-11(6-13(12)18)24-9-10(7-17)8-20/h2-3,6-7H,4-5,8-9,20H2,1H3/b10-7-. The SMILES string of the molecule is Cn1nc(C2(F)CC2)nc1-c1ccc(OC/C(=C\F)CN)cc1F. The second kappa shape index (κ2) is 6.27. The fourth-order valence-corrected chi connectivity index (χ4v) is 2.22. The van der Waals surface area contributed by atoms with Gasteiger partial charge in [0.25, 0.3) is 0 Å². The lowest BCUT2D eigenvalue weighted by molar-refractivity contribution is 0.299. The predicted molar refractivity (Wildman–Crippen MR) is 82.2 cm³/mol. The fourth-order valence-electron chi connectivity index (χ4n) is 2.22. The summed E-state index contributed by atoms with van der Waals surface area (Å²) >= 11 is 0. The Morgan fingerprint density at radius 2 is 2.21 bits per heavy atom. The maximum Gasteiger partial charge on any atom is 0.188 e. The van der Waals surface area contributed by atoms with Gasteiger partial charge >= 0.3 is 0 Å². The monoisotopic (exact) mass is 338 g/mol. The van der Waals surface area contributed by atoms with E-state index in [0.717, 1.165) is 0 Å². The van der Waals surface area contributed by atoms with E-state index in [9.17, 15) is 13.2 Å². The maximum atomic E-state index is 14.4. The molecule has 1 aliphatic rings. The van der Waals surface area contributed by atoms with Crippen molar-refractivity contribution >= 4 is 0 Å². The van der Waals surface area contributed by atoms with Gasteiger partial charge in [-0.2, -0.15) is 5.10 Å². The van der Waals surface area contributed by atoms with E-state index in [1.54, 1.807) is 7.05 Å². The molecule has 1 aromatic heterocycles. The highest BCUT2D eigenvalue weighted by molar-refractivity contribution is 5.58. The number of halogens is 3. The average molecular weight is 338 g/mol. The summed E-state index contributed by atoms with van der Waals surface area (Å²) in [5, 5.41) is 4.04. The first-order valence-corrected chi connectivity index (χ1v) is 7.48. The van der Waals surface area contributed by atoms with E-state index in [0.29, 0.717) is 19.2 Å². The van der Waals surface area contributed by atoms with Crippen LogP contribution in [0.15, 0.2) is 30.1 Å². The van der Waals surface area contributed by atoms with Crippen LogP contribution in [0.4, 0.5) is 13.2 Å². The van der Waals surface area contributed by atoms with Crippen LogP contribution >= 0.6 is 0 Å². The topological polar surface area (TPSA) is 66.0 Å². The molecule has 1 heterocycles. The van der Waals surface area contributed by atoms with Gasteiger partial charge in [-0.1, -0.05) is 0 Å². The molecule has 2 aromatic rings. The van der Waals surface area contributed by atoms with E-state index >= 15 is 0 Å². The molecule has 0 radical (unpaired) electrons. The molecule has 1 fully saturated rings. The van der Waals surface area contributed by atoms with Crippen molar-refractivity contribution < 1.29 is 17.9 Å². The number of ether oxygens (including phenoxy) is 1. The van der Waals surface area contributed by atoms with Crippen LogP contribution in [0.2, 0.25) is 0 Å². The molecule has 0 atom stereocenters. The van der Waals surface area contributed by atoms with E-state index in [2.05, 4.69) is 10.1 Å². The molecule has 1 aromatic carbocycles. The lowest BCUT2D eigenvalue weighted by Gasteiger charge is -2.09. The fraction of sp³-hybridized carbons (Fsp3) is 0.375. The number of aryl methyl sites for hydroxylation is 1. The minimum absolute atomic E-state index is 0.0176. The van der Waals surface area contributed by atoms with Gasteiger partial charge in [0.05, 0.1) is 11.9 Å². The summed E-state index contributed by atoms with van der Waals surface area (Å²) in [7, 11) is 1.58. The predicted octanol–water partition coefficient (Wildman–Crippen LogP) is 2.77. The number of alkyl halides is 1. The summed E-state index contributed by atoms with van der Waals surface area (Å²) in [4.78, 5) is 4.13. The third-order valence-electron chi connectivity index (χ3n) is 3.87. The normalized spacial score (nSPS) is 16.3. The molecule has 8 heteroatoms. The van der Waals surface area contributed by atoms with Crippen LogP contribution < -0.4 is 10.5 Å². The molecule has 0 spiro atoms. The van der Waals surface area contributed by atoms with E-state index in [-0.39, 0.29) is 41.7 Å². The Hall–Kier alpha value is -2.35. The molecule has 0 saturated heterocycles. The van der Waals surface area contributed by atoms with Crippen molar-refractivity contribution in [3.8, 4) is 17.1 Å². The Balaban J connectivity index is 1.81. The van der Waals surface area contributed by atoms with Gasteiger partial charge in [-0.3, -0.25) is 0 Å². The summed E-state index contributed by atoms with van der Waals surface area (Å²) < 4.78 is 47.5. The van der Waals surface area contributed by atoms with Crippen molar-refractivity contribution in [3.63, 3.8) is 0 Å². The van der Waals surface area contributed by atoms with Crippen molar-refractivity contribution in [1.29, 1.82) is 0 Å². The number of hydrogen-bond acceptors (Lipinski definition) is 4. The molecule has 0 bridgehead atoms. The second-order valence-corrected chi connectivity index (χ2v) is 5.75. The van der Waals surface area contributed by atoms with Gasteiger partial charge in [0, 0.05) is 25.2 Å². The van der Waals surface area contributed by atoms with Crippen molar-refractivity contribution in [2.75, 3.05) is 13.2 Å². The number of nitrogens with two attached hydrogens (primary N) is 1. The van der Waals surface area contributed by atoms with Gasteiger partial charge in [-0.05, 0) is 25.0 Å². The van der Waals surface area contributed by atoms with Crippen LogP contribution in [0, 0.1) is 5.82 Å². The van der Waals surface area contributed by atoms with Gasteiger partial charge < -0.3 is 10.5 Å². The second-order valence-electron chi connectivity index (χ2n) is 5.75. The Morgan fingerprint density at radius 3 is 2.79 bits per heavy atom. The summed E-state index contributed by atoms with van der Waals surface area (Å²) in [6.45, 7) is -0.0476. The molecule has 3 rings (SSSR count). The van der Waals surface area contributed by atoms with E-state index in [1.165, 1.54) is 22.9 Å². The highest BCUT2D eigenvalue weighted by Crippen LogP contribution is 2.48. The summed E-state index contributed by atoms with van der Waals surface area (Å²) in [6, 6.07) is 4.16. The minimum atomic E-state index is -1.48. The van der Waals surface area contributed by atoms with Crippen molar-refractivity contribution in [3.05, 3.63) is 41.7 Å². The number of aromatic nitrogens is 3. The zero-order chi connectivity index (χ0) is 17.3. The molecule has 128 valence electrons. The smallest absolute Gasteiger partial charge is 0.188 e. The van der Waals surface area contributed by atoms with Crippen LogP contribution in [0.5, 0.6) is 5.75 Å². The zero-order valence-corrected chi connectivity index (χ0v) is 13.1. The highest BCUT2D eigenvalue weighted by Gasteiger charge is 2.49. The number of hydrogen-bond donors (Lipinski definition) is 1. The molecular formula is C16H17F3N4O. The van der Waals surface area contributed by atoms with E-state index < -0.39 is 11.5 Å². The molecule has 1 saturated carbocycles. The molecule has 0 aliphatic heterocycles. The van der Waals surface area contributed by atoms with Gasteiger partial charge in [0.2, 0.25) is 0 Å². The van der Waals surface area contributed by atoms with Crippen molar-refractivity contribution in [2.45, 2.75) is 18.5 Å². The molecule has 5 nitrogen and oxygen atoms in total. The number of nitrogens with zero attached hydrogens (tertiary/aromatic N) is 3. The van der Waals surface area contributed by atoms with Crippen LogP contribution in [0.25, 0.3) is 11.4 Å². The number of rotatable bonds is 6. The van der Waals surface area contributed by atoms with E-state index in [4.69, 9.17) is 10.5 Å². The Bertz CT molecular complexity index is 784. The zero-order valence-electron chi connectivity index (χ0n) is 13.1.